The molecule has 0 unspecified atom stereocenters. The van der Waals surface area contributed by atoms with Gasteiger partial charge in [0.1, 0.15) is 11.1 Å². The van der Waals surface area contributed by atoms with Gasteiger partial charge in [0.05, 0.1) is 11.3 Å². The minimum atomic E-state index is 0.817. The molecule has 0 N–H and O–H groups in total. The van der Waals surface area contributed by atoms with E-state index in [0.29, 0.717) is 0 Å². The molecule has 0 fully saturated rings. The Bertz CT molecular complexity index is 727. The van der Waals surface area contributed by atoms with Crippen LogP contribution in [0.15, 0.2) is 29.3 Å². The highest BCUT2D eigenvalue weighted by Gasteiger charge is 2.22. The van der Waals surface area contributed by atoms with Gasteiger partial charge in [-0.05, 0) is 49.5 Å². The Morgan fingerprint density at radius 2 is 1.82 bits per heavy atom. The molecule has 22 heavy (non-hydrogen) atoms. The van der Waals surface area contributed by atoms with Crippen molar-refractivity contribution in [2.45, 2.75) is 44.6 Å². The Labute approximate surface area is 136 Å². The fraction of sp³-hybridized carbons (Fsp3) is 0.368. The molecule has 3 heteroatoms. The van der Waals surface area contributed by atoms with E-state index >= 15 is 0 Å². The number of aromatic nitrogens is 1. The van der Waals surface area contributed by atoms with Crippen molar-refractivity contribution in [2.75, 3.05) is 5.75 Å². The minimum absolute atomic E-state index is 0.817. The van der Waals surface area contributed by atoms with Crippen molar-refractivity contribution in [3.63, 3.8) is 0 Å². The second kappa shape index (κ2) is 6.54. The highest BCUT2D eigenvalue weighted by molar-refractivity contribution is 7.99. The first-order valence-electron chi connectivity index (χ1n) is 7.90. The highest BCUT2D eigenvalue weighted by Crippen LogP contribution is 2.36. The maximum atomic E-state index is 9.60. The summed E-state index contributed by atoms with van der Waals surface area (Å²) in [6.45, 7) is 4.21. The fourth-order valence-electron chi connectivity index (χ4n) is 3.10. The Morgan fingerprint density at radius 3 is 2.45 bits per heavy atom. The number of aryl methyl sites for hydroxylation is 1. The smallest absolute Gasteiger partial charge is 0.115 e. The number of rotatable bonds is 3. The van der Waals surface area contributed by atoms with Gasteiger partial charge in [-0.3, -0.25) is 0 Å². The number of nitrogens with zero attached hydrogens (tertiary/aromatic N) is 2. The van der Waals surface area contributed by atoms with Crippen LogP contribution >= 0.6 is 11.8 Å². The standard InChI is InChI=1S/C19H20N2S/c1-3-22-19-17(12-20)15-6-4-5-7-16(15)18(21-19)14-10-8-13(2)9-11-14/h8-11H,3-7H2,1-2H3. The number of benzene rings is 1. The molecule has 0 atom stereocenters. The van der Waals surface area contributed by atoms with Gasteiger partial charge in [-0.2, -0.15) is 5.26 Å². The number of nitriles is 1. The van der Waals surface area contributed by atoms with Crippen LogP contribution in [0.5, 0.6) is 0 Å². The average molecular weight is 308 g/mol. The molecule has 0 saturated heterocycles. The predicted octanol–water partition coefficient (Wildman–Crippen LogP) is 4.92. The monoisotopic (exact) mass is 308 g/mol. The van der Waals surface area contributed by atoms with Gasteiger partial charge in [0.25, 0.3) is 0 Å². The molecule has 3 rings (SSSR count). The van der Waals surface area contributed by atoms with Crippen molar-refractivity contribution in [1.29, 1.82) is 5.26 Å². The summed E-state index contributed by atoms with van der Waals surface area (Å²) >= 11 is 1.68. The van der Waals surface area contributed by atoms with Crippen LogP contribution in [-0.4, -0.2) is 10.7 Å². The van der Waals surface area contributed by atoms with E-state index in [-0.39, 0.29) is 0 Å². The van der Waals surface area contributed by atoms with Crippen LogP contribution in [0.1, 0.15) is 42.0 Å². The largest absolute Gasteiger partial charge is 0.240 e. The normalized spacial score (nSPS) is 13.5. The number of hydrogen-bond acceptors (Lipinski definition) is 3. The van der Waals surface area contributed by atoms with Crippen LogP contribution in [0, 0.1) is 18.3 Å². The fourth-order valence-corrected chi connectivity index (χ4v) is 3.85. The van der Waals surface area contributed by atoms with E-state index in [1.165, 1.54) is 35.1 Å². The third kappa shape index (κ3) is 2.76. The molecule has 1 aliphatic carbocycles. The van der Waals surface area contributed by atoms with Crippen molar-refractivity contribution in [1.82, 2.24) is 4.98 Å². The van der Waals surface area contributed by atoms with E-state index in [2.05, 4.69) is 44.2 Å². The molecule has 2 nitrogen and oxygen atoms in total. The SMILES string of the molecule is CCSc1nc(-c2ccc(C)cc2)c2c(c1C#N)CCCC2. The molecule has 0 amide bonds. The summed E-state index contributed by atoms with van der Waals surface area (Å²) in [4.78, 5) is 4.89. The summed E-state index contributed by atoms with van der Waals surface area (Å²) in [6.07, 6.45) is 4.42. The Hall–Kier alpha value is -1.79. The first-order valence-corrected chi connectivity index (χ1v) is 8.88. The van der Waals surface area contributed by atoms with Gasteiger partial charge in [0.2, 0.25) is 0 Å². The quantitative estimate of drug-likeness (QED) is 0.755. The third-order valence-corrected chi connectivity index (χ3v) is 5.06. The van der Waals surface area contributed by atoms with Crippen molar-refractivity contribution >= 4 is 11.8 Å². The molecule has 112 valence electrons. The van der Waals surface area contributed by atoms with Crippen molar-refractivity contribution in [3.05, 3.63) is 46.5 Å². The van der Waals surface area contributed by atoms with Gasteiger partial charge in [0.15, 0.2) is 0 Å². The van der Waals surface area contributed by atoms with Crippen molar-refractivity contribution < 1.29 is 0 Å². The maximum Gasteiger partial charge on any atom is 0.115 e. The molecule has 0 bridgehead atoms. The number of hydrogen-bond donors (Lipinski definition) is 0. The second-order valence-electron chi connectivity index (χ2n) is 5.72. The Kier molecular flexibility index (Phi) is 4.49. The van der Waals surface area contributed by atoms with Crippen molar-refractivity contribution in [2.24, 2.45) is 0 Å². The summed E-state index contributed by atoms with van der Waals surface area (Å²) in [5.41, 5.74) is 6.88. The molecule has 1 aromatic heterocycles. The van der Waals surface area contributed by atoms with E-state index < -0.39 is 0 Å². The molecule has 1 aliphatic rings. The number of thioether (sulfide) groups is 1. The first kappa shape index (κ1) is 15.1. The zero-order valence-corrected chi connectivity index (χ0v) is 14.0. The first-order chi connectivity index (χ1) is 10.7. The van der Waals surface area contributed by atoms with Crippen LogP contribution in [-0.2, 0) is 12.8 Å². The molecule has 1 aromatic carbocycles. The van der Waals surface area contributed by atoms with E-state index in [0.717, 1.165) is 34.9 Å². The van der Waals surface area contributed by atoms with Crippen LogP contribution in [0.4, 0.5) is 0 Å². The summed E-state index contributed by atoms with van der Waals surface area (Å²) in [7, 11) is 0. The zero-order chi connectivity index (χ0) is 15.5. The van der Waals surface area contributed by atoms with Crippen LogP contribution < -0.4 is 0 Å². The van der Waals surface area contributed by atoms with Gasteiger partial charge < -0.3 is 0 Å². The second-order valence-corrected chi connectivity index (χ2v) is 6.97. The average Bonchev–Trinajstić information content (AvgIpc) is 2.55. The molecule has 1 heterocycles. The zero-order valence-electron chi connectivity index (χ0n) is 13.1. The molecule has 2 aromatic rings. The summed E-state index contributed by atoms with van der Waals surface area (Å²) in [5.74, 6) is 0.938. The predicted molar refractivity (Wildman–Crippen MR) is 92.2 cm³/mol. The lowest BCUT2D eigenvalue weighted by molar-refractivity contribution is 0.677. The highest BCUT2D eigenvalue weighted by atomic mass is 32.2. The Balaban J connectivity index is 2.23. The minimum Gasteiger partial charge on any atom is -0.240 e. The van der Waals surface area contributed by atoms with E-state index in [1.807, 2.05) is 0 Å². The lowest BCUT2D eigenvalue weighted by Crippen LogP contribution is -2.10. The summed E-state index contributed by atoms with van der Waals surface area (Å²) in [6, 6.07) is 11.0. The van der Waals surface area contributed by atoms with Gasteiger partial charge in [0, 0.05) is 5.56 Å². The summed E-state index contributed by atoms with van der Waals surface area (Å²) in [5, 5.41) is 10.5. The van der Waals surface area contributed by atoms with Crippen LogP contribution in [0.2, 0.25) is 0 Å². The van der Waals surface area contributed by atoms with Gasteiger partial charge in [-0.25, -0.2) is 4.98 Å². The molecule has 0 saturated carbocycles. The molecule has 0 spiro atoms. The molecule has 0 radical (unpaired) electrons. The molecular weight excluding hydrogens is 288 g/mol. The van der Waals surface area contributed by atoms with E-state index in [1.54, 1.807) is 11.8 Å². The van der Waals surface area contributed by atoms with Crippen LogP contribution in [0.3, 0.4) is 0 Å². The van der Waals surface area contributed by atoms with Gasteiger partial charge >= 0.3 is 0 Å². The van der Waals surface area contributed by atoms with E-state index in [4.69, 9.17) is 4.98 Å². The molecular formula is C19H20N2S. The molecule has 0 aliphatic heterocycles. The van der Waals surface area contributed by atoms with Gasteiger partial charge in [-0.1, -0.05) is 36.8 Å². The number of pyridine rings is 1. The van der Waals surface area contributed by atoms with Crippen molar-refractivity contribution in [3.8, 4) is 17.3 Å². The van der Waals surface area contributed by atoms with Crippen LogP contribution in [0.25, 0.3) is 11.3 Å². The third-order valence-electron chi connectivity index (χ3n) is 4.20. The maximum absolute atomic E-state index is 9.60. The van der Waals surface area contributed by atoms with Gasteiger partial charge in [-0.15, -0.1) is 11.8 Å². The number of fused-ring (bicyclic) bond motifs is 1. The summed E-state index contributed by atoms with van der Waals surface area (Å²) < 4.78 is 0. The van der Waals surface area contributed by atoms with E-state index in [9.17, 15) is 5.26 Å². The lowest BCUT2D eigenvalue weighted by Gasteiger charge is -2.22. The topological polar surface area (TPSA) is 36.7 Å². The Morgan fingerprint density at radius 1 is 1.14 bits per heavy atom. The lowest BCUT2D eigenvalue weighted by atomic mass is 9.86.